The van der Waals surface area contributed by atoms with Crippen molar-refractivity contribution in [2.75, 3.05) is 19.6 Å². The Labute approximate surface area is 110 Å². The van der Waals surface area contributed by atoms with Crippen molar-refractivity contribution in [3.05, 3.63) is 18.0 Å². The smallest absolute Gasteiger partial charge is 0.0764 e. The lowest BCUT2D eigenvalue weighted by Crippen LogP contribution is -2.48. The summed E-state index contributed by atoms with van der Waals surface area (Å²) >= 11 is 0. The zero-order chi connectivity index (χ0) is 13.0. The van der Waals surface area contributed by atoms with E-state index in [9.17, 15) is 0 Å². The maximum absolute atomic E-state index is 4.73. The van der Waals surface area contributed by atoms with Gasteiger partial charge >= 0.3 is 0 Å². The molecule has 0 unspecified atom stereocenters. The lowest BCUT2D eigenvalue weighted by atomic mass is 10.2. The molecule has 4 heteroatoms. The monoisotopic (exact) mass is 250 g/mol. The van der Waals surface area contributed by atoms with E-state index in [4.69, 9.17) is 5.10 Å². The van der Waals surface area contributed by atoms with E-state index in [0.717, 1.165) is 39.0 Å². The van der Waals surface area contributed by atoms with Crippen molar-refractivity contribution >= 4 is 0 Å². The fourth-order valence-corrected chi connectivity index (χ4v) is 2.71. The van der Waals surface area contributed by atoms with Gasteiger partial charge in [0, 0.05) is 38.4 Å². The van der Waals surface area contributed by atoms with Crippen molar-refractivity contribution in [3.8, 4) is 0 Å². The van der Waals surface area contributed by atoms with Gasteiger partial charge in [-0.25, -0.2) is 0 Å². The van der Waals surface area contributed by atoms with Crippen LogP contribution in [0.5, 0.6) is 0 Å². The van der Waals surface area contributed by atoms with Crippen molar-refractivity contribution in [3.63, 3.8) is 0 Å². The molecule has 1 N–H and O–H groups in total. The quantitative estimate of drug-likeness (QED) is 0.868. The van der Waals surface area contributed by atoms with Gasteiger partial charge in [-0.05, 0) is 25.8 Å². The summed E-state index contributed by atoms with van der Waals surface area (Å²) in [4.78, 5) is 2.49. The highest BCUT2D eigenvalue weighted by atomic mass is 15.3. The second kappa shape index (κ2) is 6.34. The molecule has 102 valence electrons. The number of piperazine rings is 1. The molecular weight excluding hydrogens is 224 g/mol. The summed E-state index contributed by atoms with van der Waals surface area (Å²) in [5.74, 6) is 0. The molecule has 1 fully saturated rings. The van der Waals surface area contributed by atoms with Crippen LogP contribution in [0.2, 0.25) is 0 Å². The van der Waals surface area contributed by atoms with Gasteiger partial charge in [-0.15, -0.1) is 0 Å². The fraction of sp³-hybridized carbons (Fsp3) is 0.786. The first-order chi connectivity index (χ1) is 8.72. The average Bonchev–Trinajstić information content (AvgIpc) is 2.79. The third-order valence-corrected chi connectivity index (χ3v) is 3.82. The van der Waals surface area contributed by atoms with Gasteiger partial charge in [0.2, 0.25) is 0 Å². The van der Waals surface area contributed by atoms with E-state index in [0.29, 0.717) is 12.1 Å². The van der Waals surface area contributed by atoms with E-state index in [-0.39, 0.29) is 0 Å². The molecule has 1 aliphatic heterocycles. The summed E-state index contributed by atoms with van der Waals surface area (Å²) < 4.78 is 2.14. The Hall–Kier alpha value is -0.870. The molecule has 2 heterocycles. The Morgan fingerprint density at radius 1 is 1.44 bits per heavy atom. The van der Waals surface area contributed by atoms with Crippen molar-refractivity contribution in [2.45, 2.75) is 52.2 Å². The maximum Gasteiger partial charge on any atom is 0.0764 e. The van der Waals surface area contributed by atoms with Gasteiger partial charge in [-0.2, -0.15) is 5.10 Å². The molecule has 0 amide bonds. The Balaban J connectivity index is 1.93. The molecule has 1 aliphatic rings. The molecule has 1 aromatic rings. The zero-order valence-corrected chi connectivity index (χ0v) is 11.9. The summed E-state index contributed by atoms with van der Waals surface area (Å²) in [6, 6.07) is 3.32. The van der Waals surface area contributed by atoms with Gasteiger partial charge in [-0.1, -0.05) is 13.8 Å². The first-order valence-electron chi connectivity index (χ1n) is 7.22. The van der Waals surface area contributed by atoms with Crippen LogP contribution in [-0.2, 0) is 6.54 Å². The minimum absolute atomic E-state index is 0.556. The number of nitrogens with one attached hydrogen (secondary N) is 1. The topological polar surface area (TPSA) is 33.1 Å². The first kappa shape index (κ1) is 13.6. The summed E-state index contributed by atoms with van der Waals surface area (Å²) in [5.41, 5.74) is 1.20. The lowest BCUT2D eigenvalue weighted by Gasteiger charge is -2.31. The van der Waals surface area contributed by atoms with E-state index in [2.05, 4.69) is 47.9 Å². The largest absolute Gasteiger partial charge is 0.312 e. The molecule has 0 radical (unpaired) electrons. The Morgan fingerprint density at radius 2 is 2.22 bits per heavy atom. The van der Waals surface area contributed by atoms with Crippen molar-refractivity contribution < 1.29 is 0 Å². The molecule has 1 saturated heterocycles. The van der Waals surface area contributed by atoms with Crippen LogP contribution in [0, 0.1) is 0 Å². The van der Waals surface area contributed by atoms with Crippen LogP contribution in [0.25, 0.3) is 0 Å². The van der Waals surface area contributed by atoms with Crippen LogP contribution >= 0.6 is 0 Å². The van der Waals surface area contributed by atoms with Gasteiger partial charge in [-0.3, -0.25) is 9.58 Å². The molecule has 0 aliphatic carbocycles. The molecular formula is C14H26N4. The summed E-state index contributed by atoms with van der Waals surface area (Å²) in [6.07, 6.45) is 4.45. The molecule has 1 aromatic heterocycles. The van der Waals surface area contributed by atoms with Crippen molar-refractivity contribution in [1.29, 1.82) is 0 Å². The zero-order valence-electron chi connectivity index (χ0n) is 11.9. The molecule has 0 aromatic carbocycles. The molecule has 4 nitrogen and oxygen atoms in total. The maximum atomic E-state index is 4.73. The minimum atomic E-state index is 0.556. The molecule has 1 atom stereocenters. The molecule has 0 spiro atoms. The van der Waals surface area contributed by atoms with Crippen LogP contribution in [-0.4, -0.2) is 40.4 Å². The Kier molecular flexibility index (Phi) is 4.78. The summed E-state index contributed by atoms with van der Waals surface area (Å²) in [7, 11) is 0. The normalized spacial score (nSPS) is 21.7. The number of hydrogen-bond acceptors (Lipinski definition) is 3. The van der Waals surface area contributed by atoms with E-state index in [1.54, 1.807) is 0 Å². The highest BCUT2D eigenvalue weighted by molar-refractivity contribution is 5.00. The Morgan fingerprint density at radius 3 is 2.89 bits per heavy atom. The van der Waals surface area contributed by atoms with Crippen molar-refractivity contribution in [2.24, 2.45) is 0 Å². The van der Waals surface area contributed by atoms with Crippen LogP contribution in [0.15, 0.2) is 12.3 Å². The Bertz CT molecular complexity index is 356. The second-order valence-corrected chi connectivity index (χ2v) is 5.35. The lowest BCUT2D eigenvalue weighted by molar-refractivity contribution is 0.197. The molecule has 18 heavy (non-hydrogen) atoms. The predicted molar refractivity (Wildman–Crippen MR) is 74.6 cm³/mol. The van der Waals surface area contributed by atoms with E-state index in [1.165, 1.54) is 5.69 Å². The van der Waals surface area contributed by atoms with Crippen LogP contribution in [0.1, 0.15) is 45.3 Å². The van der Waals surface area contributed by atoms with Crippen molar-refractivity contribution in [1.82, 2.24) is 20.0 Å². The van der Waals surface area contributed by atoms with Crippen LogP contribution in [0.3, 0.4) is 0 Å². The van der Waals surface area contributed by atoms with Gasteiger partial charge in [0.15, 0.2) is 0 Å². The number of rotatable bonds is 5. The molecule has 0 saturated carbocycles. The van der Waals surface area contributed by atoms with Crippen LogP contribution in [0.4, 0.5) is 0 Å². The average molecular weight is 250 g/mol. The number of nitrogens with zero attached hydrogens (tertiary/aromatic N) is 3. The number of aromatic nitrogens is 2. The molecule has 0 bridgehead atoms. The minimum Gasteiger partial charge on any atom is -0.312 e. The summed E-state index contributed by atoms with van der Waals surface area (Å²) in [6.45, 7) is 11.0. The third-order valence-electron chi connectivity index (χ3n) is 3.82. The SMILES string of the molecule is CCC(CC)n1ccc(CN2CCN[C@@H](C)C2)n1. The predicted octanol–water partition coefficient (Wildman–Crippen LogP) is 2.04. The standard InChI is InChI=1S/C14H26N4/c1-4-14(5-2)18-8-6-13(16-18)11-17-9-7-15-12(3)10-17/h6,8,12,14-15H,4-5,7,9-11H2,1-3H3/t12-/m0/s1. The molecule has 2 rings (SSSR count). The van der Waals surface area contributed by atoms with Gasteiger partial charge in [0.1, 0.15) is 0 Å². The van der Waals surface area contributed by atoms with Gasteiger partial charge < -0.3 is 5.32 Å². The summed E-state index contributed by atoms with van der Waals surface area (Å²) in [5, 5.41) is 8.20. The highest BCUT2D eigenvalue weighted by Crippen LogP contribution is 2.15. The van der Waals surface area contributed by atoms with E-state index >= 15 is 0 Å². The van der Waals surface area contributed by atoms with E-state index in [1.807, 2.05) is 0 Å². The van der Waals surface area contributed by atoms with Gasteiger partial charge in [0.25, 0.3) is 0 Å². The second-order valence-electron chi connectivity index (χ2n) is 5.35. The van der Waals surface area contributed by atoms with Crippen LogP contribution < -0.4 is 5.32 Å². The van der Waals surface area contributed by atoms with E-state index < -0.39 is 0 Å². The van der Waals surface area contributed by atoms with Gasteiger partial charge in [0.05, 0.1) is 11.7 Å². The fourth-order valence-electron chi connectivity index (χ4n) is 2.71. The first-order valence-corrected chi connectivity index (χ1v) is 7.22. The number of hydrogen-bond donors (Lipinski definition) is 1. The highest BCUT2D eigenvalue weighted by Gasteiger charge is 2.17. The third kappa shape index (κ3) is 3.33.